The summed E-state index contributed by atoms with van der Waals surface area (Å²) in [5, 5.41) is 2.75. The lowest BCUT2D eigenvalue weighted by Crippen LogP contribution is -2.49. The molecule has 0 atom stereocenters. The third kappa shape index (κ3) is 5.64. The number of amides is 1. The summed E-state index contributed by atoms with van der Waals surface area (Å²) in [6.45, 7) is 2.19. The first-order chi connectivity index (χ1) is 14.0. The number of methoxy groups -OCH3 is 1. The Morgan fingerprint density at radius 1 is 1.14 bits per heavy atom. The molecule has 2 heterocycles. The Labute approximate surface area is 170 Å². The van der Waals surface area contributed by atoms with Gasteiger partial charge in [0.05, 0.1) is 12.9 Å². The van der Waals surface area contributed by atoms with Gasteiger partial charge in [-0.15, -0.1) is 0 Å². The van der Waals surface area contributed by atoms with Crippen LogP contribution in [0.3, 0.4) is 0 Å². The highest BCUT2D eigenvalue weighted by Gasteiger charge is 2.27. The Hall–Kier alpha value is -2.72. The molecule has 0 saturated carbocycles. The van der Waals surface area contributed by atoms with E-state index in [9.17, 15) is 13.2 Å². The van der Waals surface area contributed by atoms with E-state index in [0.717, 1.165) is 0 Å². The number of sulfonamides is 1. The lowest BCUT2D eigenvalue weighted by molar-refractivity contribution is 0.0953. The van der Waals surface area contributed by atoms with Crippen LogP contribution >= 0.6 is 0 Å². The number of hydrogen-bond acceptors (Lipinski definition) is 7. The zero-order valence-corrected chi connectivity index (χ0v) is 17.1. The van der Waals surface area contributed by atoms with Crippen molar-refractivity contribution in [2.45, 2.75) is 6.42 Å². The molecular weight excluding hydrogens is 394 g/mol. The Morgan fingerprint density at radius 3 is 2.55 bits per heavy atom. The molecule has 1 aliphatic rings. The van der Waals surface area contributed by atoms with Gasteiger partial charge in [0.1, 0.15) is 5.75 Å². The largest absolute Gasteiger partial charge is 0.497 e. The third-order valence-electron chi connectivity index (χ3n) is 4.66. The van der Waals surface area contributed by atoms with Gasteiger partial charge in [-0.25, -0.2) is 18.4 Å². The summed E-state index contributed by atoms with van der Waals surface area (Å²) >= 11 is 0. The van der Waals surface area contributed by atoms with Crippen LogP contribution in [0.1, 0.15) is 16.8 Å². The van der Waals surface area contributed by atoms with E-state index in [-0.39, 0.29) is 18.2 Å². The first-order valence-corrected chi connectivity index (χ1v) is 11.0. The van der Waals surface area contributed by atoms with Crippen LogP contribution in [0.4, 0.5) is 5.95 Å². The molecule has 1 amide bonds. The average molecular weight is 420 g/mol. The van der Waals surface area contributed by atoms with Crippen LogP contribution in [0.5, 0.6) is 5.75 Å². The van der Waals surface area contributed by atoms with Crippen LogP contribution in [-0.4, -0.2) is 74.2 Å². The maximum Gasteiger partial charge on any atom is 0.251 e. The number of ether oxygens (including phenoxy) is 1. The highest BCUT2D eigenvalue weighted by molar-refractivity contribution is 7.89. The van der Waals surface area contributed by atoms with E-state index >= 15 is 0 Å². The molecule has 0 radical (unpaired) electrons. The number of piperazine rings is 1. The van der Waals surface area contributed by atoms with Crippen LogP contribution in [0.15, 0.2) is 42.7 Å². The van der Waals surface area contributed by atoms with E-state index in [1.54, 1.807) is 42.7 Å². The molecule has 1 aromatic heterocycles. The van der Waals surface area contributed by atoms with Crippen LogP contribution in [0.2, 0.25) is 0 Å². The molecule has 29 heavy (non-hydrogen) atoms. The predicted octanol–water partition coefficient (Wildman–Crippen LogP) is 0.757. The SMILES string of the molecule is COc1cccc(C(=O)NCCCS(=O)(=O)N2CCN(c3ncccn3)CC2)c1. The predicted molar refractivity (Wildman–Crippen MR) is 110 cm³/mol. The summed E-state index contributed by atoms with van der Waals surface area (Å²) in [4.78, 5) is 22.5. The van der Waals surface area contributed by atoms with Crippen LogP contribution in [-0.2, 0) is 10.0 Å². The van der Waals surface area contributed by atoms with Gasteiger partial charge in [-0.3, -0.25) is 4.79 Å². The van der Waals surface area contributed by atoms with E-state index in [1.165, 1.54) is 11.4 Å². The fraction of sp³-hybridized carbons (Fsp3) is 0.421. The number of benzene rings is 1. The van der Waals surface area contributed by atoms with Crippen LogP contribution < -0.4 is 15.0 Å². The number of nitrogens with one attached hydrogen (secondary N) is 1. The monoisotopic (exact) mass is 419 g/mol. The van der Waals surface area contributed by atoms with Crippen LogP contribution in [0, 0.1) is 0 Å². The van der Waals surface area contributed by atoms with Crippen molar-refractivity contribution in [1.82, 2.24) is 19.6 Å². The highest BCUT2D eigenvalue weighted by atomic mass is 32.2. The van der Waals surface area contributed by atoms with Crippen molar-refractivity contribution in [2.75, 3.05) is 50.5 Å². The zero-order chi connectivity index (χ0) is 20.7. The minimum Gasteiger partial charge on any atom is -0.497 e. The molecule has 2 aromatic rings. The second-order valence-electron chi connectivity index (χ2n) is 6.59. The van der Waals surface area contributed by atoms with Gasteiger partial charge in [-0.05, 0) is 30.7 Å². The molecule has 1 saturated heterocycles. The zero-order valence-electron chi connectivity index (χ0n) is 16.3. The van der Waals surface area contributed by atoms with E-state index in [0.29, 0.717) is 49.9 Å². The van der Waals surface area contributed by atoms with Crippen molar-refractivity contribution < 1.29 is 17.9 Å². The molecule has 1 aromatic carbocycles. The number of carbonyl (C=O) groups excluding carboxylic acids is 1. The number of carbonyl (C=O) groups is 1. The molecule has 156 valence electrons. The molecule has 1 fully saturated rings. The normalized spacial score (nSPS) is 15.1. The summed E-state index contributed by atoms with van der Waals surface area (Å²) in [5.74, 6) is 0.954. The minimum absolute atomic E-state index is 0.00672. The molecule has 10 heteroatoms. The molecule has 1 aliphatic heterocycles. The molecule has 0 aliphatic carbocycles. The molecule has 0 bridgehead atoms. The van der Waals surface area contributed by atoms with Crippen molar-refractivity contribution in [3.05, 3.63) is 48.3 Å². The van der Waals surface area contributed by atoms with E-state index < -0.39 is 10.0 Å². The molecule has 3 rings (SSSR count). The maximum atomic E-state index is 12.6. The van der Waals surface area contributed by atoms with E-state index in [2.05, 4.69) is 15.3 Å². The minimum atomic E-state index is -3.37. The number of anilines is 1. The van der Waals surface area contributed by atoms with Gasteiger partial charge < -0.3 is 15.0 Å². The van der Waals surface area contributed by atoms with Crippen molar-refractivity contribution in [1.29, 1.82) is 0 Å². The second-order valence-corrected chi connectivity index (χ2v) is 8.68. The van der Waals surface area contributed by atoms with Crippen molar-refractivity contribution in [3.8, 4) is 5.75 Å². The Morgan fingerprint density at radius 2 is 1.86 bits per heavy atom. The molecular formula is C19H25N5O4S. The fourth-order valence-corrected chi connectivity index (χ4v) is 4.56. The molecule has 1 N–H and O–H groups in total. The molecule has 0 spiro atoms. The van der Waals surface area contributed by atoms with Gasteiger partial charge in [-0.2, -0.15) is 4.31 Å². The number of aromatic nitrogens is 2. The third-order valence-corrected chi connectivity index (χ3v) is 6.62. The Balaban J connectivity index is 1.43. The topological polar surface area (TPSA) is 105 Å². The lowest BCUT2D eigenvalue weighted by Gasteiger charge is -2.33. The standard InChI is InChI=1S/C19H25N5O4S/c1-28-17-6-2-5-16(15-17)18(25)20-9-4-14-29(26,27)24-12-10-23(11-13-24)19-21-7-3-8-22-19/h2-3,5-8,15H,4,9-14H2,1H3,(H,20,25). The Bertz CT molecular complexity index is 915. The van der Waals surface area contributed by atoms with E-state index in [4.69, 9.17) is 4.74 Å². The first kappa shape index (κ1) is 21.0. The van der Waals surface area contributed by atoms with Crippen molar-refractivity contribution >= 4 is 21.9 Å². The van der Waals surface area contributed by atoms with Gasteiger partial charge in [-0.1, -0.05) is 6.07 Å². The summed E-state index contributed by atoms with van der Waals surface area (Å²) < 4.78 is 31.7. The fourth-order valence-electron chi connectivity index (χ4n) is 3.07. The average Bonchev–Trinajstić information content (AvgIpc) is 2.77. The van der Waals surface area contributed by atoms with Crippen molar-refractivity contribution in [2.24, 2.45) is 0 Å². The van der Waals surface area contributed by atoms with Crippen molar-refractivity contribution in [3.63, 3.8) is 0 Å². The second kappa shape index (κ2) is 9.66. The van der Waals surface area contributed by atoms with Gasteiger partial charge in [0, 0.05) is 50.7 Å². The summed E-state index contributed by atoms with van der Waals surface area (Å²) in [7, 11) is -1.83. The van der Waals surface area contributed by atoms with Gasteiger partial charge in [0.15, 0.2) is 0 Å². The summed E-state index contributed by atoms with van der Waals surface area (Å²) in [6.07, 6.45) is 3.69. The number of nitrogens with zero attached hydrogens (tertiary/aromatic N) is 4. The molecule has 9 nitrogen and oxygen atoms in total. The molecule has 0 unspecified atom stereocenters. The van der Waals surface area contributed by atoms with Crippen LogP contribution in [0.25, 0.3) is 0 Å². The Kier molecular flexibility index (Phi) is 6.99. The summed E-state index contributed by atoms with van der Waals surface area (Å²) in [5.41, 5.74) is 0.478. The smallest absolute Gasteiger partial charge is 0.251 e. The summed E-state index contributed by atoms with van der Waals surface area (Å²) in [6, 6.07) is 8.56. The number of hydrogen-bond donors (Lipinski definition) is 1. The number of rotatable bonds is 8. The van der Waals surface area contributed by atoms with E-state index in [1.807, 2.05) is 4.90 Å². The van der Waals surface area contributed by atoms with Gasteiger partial charge in [0.25, 0.3) is 5.91 Å². The lowest BCUT2D eigenvalue weighted by atomic mass is 10.2. The highest BCUT2D eigenvalue weighted by Crippen LogP contribution is 2.14. The maximum absolute atomic E-state index is 12.6. The quantitative estimate of drug-likeness (QED) is 0.630. The first-order valence-electron chi connectivity index (χ1n) is 9.41. The van der Waals surface area contributed by atoms with Gasteiger partial charge in [0.2, 0.25) is 16.0 Å². The van der Waals surface area contributed by atoms with Gasteiger partial charge >= 0.3 is 0 Å².